The summed E-state index contributed by atoms with van der Waals surface area (Å²) >= 11 is 1.58. The lowest BCUT2D eigenvalue weighted by Gasteiger charge is -2.30. The van der Waals surface area contributed by atoms with Gasteiger partial charge in [0.25, 0.3) is 0 Å². The first kappa shape index (κ1) is 13.9. The third-order valence-corrected chi connectivity index (χ3v) is 4.19. The Morgan fingerprint density at radius 3 is 2.74 bits per heavy atom. The molecular formula is C13H16N2O3S. The molecule has 1 N–H and O–H groups in total. The van der Waals surface area contributed by atoms with Gasteiger partial charge in [-0.15, -0.1) is 11.3 Å². The molecule has 2 rings (SSSR count). The zero-order valence-corrected chi connectivity index (χ0v) is 12.0. The molecule has 19 heavy (non-hydrogen) atoms. The molecule has 0 bridgehead atoms. The summed E-state index contributed by atoms with van der Waals surface area (Å²) in [5, 5.41) is 2.26. The number of hydrogen-bond acceptors (Lipinski definition) is 5. The van der Waals surface area contributed by atoms with Crippen LogP contribution in [0.5, 0.6) is 0 Å². The van der Waals surface area contributed by atoms with E-state index in [4.69, 9.17) is 0 Å². The number of carbonyl (C=O) groups excluding carboxylic acids is 3. The number of nitrogens with one attached hydrogen (secondary N) is 1. The van der Waals surface area contributed by atoms with E-state index in [1.165, 1.54) is 0 Å². The predicted molar refractivity (Wildman–Crippen MR) is 72.3 cm³/mol. The molecule has 1 atom stereocenters. The quantitative estimate of drug-likeness (QED) is 0.660. The number of ketones is 1. The van der Waals surface area contributed by atoms with Crippen LogP contribution in [0.3, 0.4) is 0 Å². The van der Waals surface area contributed by atoms with Crippen LogP contribution in [-0.4, -0.2) is 41.6 Å². The highest BCUT2D eigenvalue weighted by molar-refractivity contribution is 7.12. The Balaban J connectivity index is 2.12. The van der Waals surface area contributed by atoms with Crippen LogP contribution >= 0.6 is 11.3 Å². The van der Waals surface area contributed by atoms with Crippen LogP contribution in [0, 0.1) is 13.8 Å². The van der Waals surface area contributed by atoms with Crippen molar-refractivity contribution in [1.29, 1.82) is 0 Å². The minimum absolute atomic E-state index is 0.0452. The van der Waals surface area contributed by atoms with Crippen LogP contribution < -0.4 is 5.32 Å². The molecule has 0 saturated carbocycles. The van der Waals surface area contributed by atoms with Gasteiger partial charge in [-0.3, -0.25) is 24.6 Å². The molecule has 1 aromatic rings. The summed E-state index contributed by atoms with van der Waals surface area (Å²) < 4.78 is 0. The Labute approximate surface area is 115 Å². The molecule has 1 aromatic heterocycles. The summed E-state index contributed by atoms with van der Waals surface area (Å²) in [4.78, 5) is 38.8. The van der Waals surface area contributed by atoms with Crippen molar-refractivity contribution >= 4 is 28.9 Å². The molecule has 1 aliphatic rings. The van der Waals surface area contributed by atoms with E-state index >= 15 is 0 Å². The van der Waals surface area contributed by atoms with Gasteiger partial charge in [-0.1, -0.05) is 0 Å². The second-order valence-electron chi connectivity index (χ2n) is 4.74. The maximum Gasteiger partial charge on any atom is 0.243 e. The summed E-state index contributed by atoms with van der Waals surface area (Å²) in [6.07, 6.45) is 0. The van der Waals surface area contributed by atoms with E-state index < -0.39 is 6.04 Å². The van der Waals surface area contributed by atoms with Gasteiger partial charge in [-0.05, 0) is 26.8 Å². The average molecular weight is 280 g/mol. The van der Waals surface area contributed by atoms with Gasteiger partial charge in [0.05, 0.1) is 19.1 Å². The first-order valence-electron chi connectivity index (χ1n) is 6.06. The van der Waals surface area contributed by atoms with E-state index in [0.717, 1.165) is 9.75 Å². The standard InChI is InChI=1S/C13H16N2O3S/c1-7-4-10(9(3)19-7)11(16)5-15-6-12(17)14-13(18)8(15)2/h4,8H,5-6H2,1-3H3,(H,14,17,18). The average Bonchev–Trinajstić information content (AvgIpc) is 2.64. The fourth-order valence-corrected chi connectivity index (χ4v) is 3.08. The number of piperazine rings is 1. The van der Waals surface area contributed by atoms with Gasteiger partial charge < -0.3 is 0 Å². The number of thiophene rings is 1. The highest BCUT2D eigenvalue weighted by Gasteiger charge is 2.31. The van der Waals surface area contributed by atoms with Gasteiger partial charge in [0.15, 0.2) is 5.78 Å². The van der Waals surface area contributed by atoms with Crippen LogP contribution in [0.2, 0.25) is 0 Å². The Kier molecular flexibility index (Phi) is 3.82. The van der Waals surface area contributed by atoms with E-state index in [9.17, 15) is 14.4 Å². The topological polar surface area (TPSA) is 66.5 Å². The molecule has 0 aromatic carbocycles. The fourth-order valence-electron chi connectivity index (χ4n) is 2.14. The van der Waals surface area contributed by atoms with Gasteiger partial charge in [-0.2, -0.15) is 0 Å². The lowest BCUT2D eigenvalue weighted by Crippen LogP contribution is -2.57. The Bertz CT molecular complexity index is 550. The van der Waals surface area contributed by atoms with Crippen LogP contribution in [0.15, 0.2) is 6.07 Å². The second kappa shape index (κ2) is 5.22. The van der Waals surface area contributed by atoms with E-state index in [-0.39, 0.29) is 30.7 Å². The van der Waals surface area contributed by atoms with Gasteiger partial charge in [0.1, 0.15) is 0 Å². The predicted octanol–water partition coefficient (Wildman–Crippen LogP) is 0.895. The molecule has 0 radical (unpaired) electrons. The van der Waals surface area contributed by atoms with E-state index in [1.54, 1.807) is 23.2 Å². The summed E-state index contributed by atoms with van der Waals surface area (Å²) in [5.41, 5.74) is 0.688. The highest BCUT2D eigenvalue weighted by atomic mass is 32.1. The van der Waals surface area contributed by atoms with Gasteiger partial charge in [-0.25, -0.2) is 0 Å². The molecule has 2 amide bonds. The molecule has 1 unspecified atom stereocenters. The van der Waals surface area contributed by atoms with Crippen molar-refractivity contribution in [3.05, 3.63) is 21.4 Å². The largest absolute Gasteiger partial charge is 0.294 e. The zero-order valence-electron chi connectivity index (χ0n) is 11.1. The van der Waals surface area contributed by atoms with Crippen molar-refractivity contribution in [2.45, 2.75) is 26.8 Å². The molecule has 2 heterocycles. The number of nitrogens with zero attached hydrogens (tertiary/aromatic N) is 1. The molecule has 1 aliphatic heterocycles. The normalized spacial score (nSPS) is 20.5. The fraction of sp³-hybridized carbons (Fsp3) is 0.462. The number of hydrogen-bond donors (Lipinski definition) is 1. The molecule has 1 fully saturated rings. The SMILES string of the molecule is Cc1cc(C(=O)CN2CC(=O)NC(=O)C2C)c(C)s1. The summed E-state index contributed by atoms with van der Waals surface area (Å²) in [7, 11) is 0. The maximum absolute atomic E-state index is 12.2. The molecule has 6 heteroatoms. The van der Waals surface area contributed by atoms with Crippen LogP contribution in [0.25, 0.3) is 0 Å². The summed E-state index contributed by atoms with van der Waals surface area (Å²) in [6.45, 7) is 5.73. The number of amides is 2. The number of carbonyl (C=O) groups is 3. The van der Waals surface area contributed by atoms with Crippen LogP contribution in [0.4, 0.5) is 0 Å². The van der Waals surface area contributed by atoms with Gasteiger partial charge in [0.2, 0.25) is 11.8 Å². The molecule has 102 valence electrons. The Morgan fingerprint density at radius 1 is 1.47 bits per heavy atom. The van der Waals surface area contributed by atoms with Crippen molar-refractivity contribution < 1.29 is 14.4 Å². The monoisotopic (exact) mass is 280 g/mol. The van der Waals surface area contributed by atoms with E-state index in [1.807, 2.05) is 19.9 Å². The number of aryl methyl sites for hydroxylation is 2. The zero-order chi connectivity index (χ0) is 14.2. The Hall–Kier alpha value is -1.53. The molecule has 0 spiro atoms. The van der Waals surface area contributed by atoms with Crippen molar-refractivity contribution in [2.75, 3.05) is 13.1 Å². The third kappa shape index (κ3) is 2.90. The first-order valence-corrected chi connectivity index (χ1v) is 6.88. The number of rotatable bonds is 3. The van der Waals surface area contributed by atoms with Crippen LogP contribution in [-0.2, 0) is 9.59 Å². The minimum Gasteiger partial charge on any atom is -0.294 e. The molecule has 0 aliphatic carbocycles. The maximum atomic E-state index is 12.2. The van der Waals surface area contributed by atoms with Crippen molar-refractivity contribution in [3.8, 4) is 0 Å². The third-order valence-electron chi connectivity index (χ3n) is 3.22. The van der Waals surface area contributed by atoms with Crippen molar-refractivity contribution in [2.24, 2.45) is 0 Å². The smallest absolute Gasteiger partial charge is 0.243 e. The van der Waals surface area contributed by atoms with Gasteiger partial charge >= 0.3 is 0 Å². The molecule has 1 saturated heterocycles. The van der Waals surface area contributed by atoms with Crippen molar-refractivity contribution in [3.63, 3.8) is 0 Å². The lowest BCUT2D eigenvalue weighted by molar-refractivity contribution is -0.139. The molecule has 5 nitrogen and oxygen atoms in total. The van der Waals surface area contributed by atoms with Crippen molar-refractivity contribution in [1.82, 2.24) is 10.2 Å². The van der Waals surface area contributed by atoms with Gasteiger partial charge in [0, 0.05) is 15.3 Å². The first-order chi connectivity index (χ1) is 8.88. The summed E-state index contributed by atoms with van der Waals surface area (Å²) in [5.74, 6) is -0.743. The Morgan fingerprint density at radius 2 is 2.16 bits per heavy atom. The van der Waals surface area contributed by atoms with E-state index in [0.29, 0.717) is 5.56 Å². The molecular weight excluding hydrogens is 264 g/mol. The minimum atomic E-state index is -0.457. The second-order valence-corrected chi connectivity index (χ2v) is 6.20. The number of Topliss-reactive ketones (excluding diaryl/α,β-unsaturated/α-hetero) is 1. The van der Waals surface area contributed by atoms with Crippen LogP contribution in [0.1, 0.15) is 27.0 Å². The lowest BCUT2D eigenvalue weighted by atomic mass is 10.1. The highest BCUT2D eigenvalue weighted by Crippen LogP contribution is 2.21. The number of imide groups is 1. The summed E-state index contributed by atoms with van der Waals surface area (Å²) in [6, 6.07) is 1.40. The van der Waals surface area contributed by atoms with E-state index in [2.05, 4.69) is 5.32 Å².